The second kappa shape index (κ2) is 7.27. The van der Waals surface area contributed by atoms with Crippen molar-refractivity contribution in [3.63, 3.8) is 0 Å². The third kappa shape index (κ3) is 3.48. The largest absolute Gasteiger partial charge is 0.497 e. The molecule has 23 heavy (non-hydrogen) atoms. The van der Waals surface area contributed by atoms with E-state index < -0.39 is 0 Å². The fourth-order valence-electron chi connectivity index (χ4n) is 2.29. The van der Waals surface area contributed by atoms with Crippen molar-refractivity contribution in [2.75, 3.05) is 12.9 Å². The lowest BCUT2D eigenvalue weighted by Crippen LogP contribution is -1.93. The van der Waals surface area contributed by atoms with Gasteiger partial charge >= 0.3 is 0 Å². The lowest BCUT2D eigenvalue weighted by molar-refractivity contribution is 0.415. The molecule has 0 aliphatic carbocycles. The van der Waals surface area contributed by atoms with E-state index in [9.17, 15) is 0 Å². The highest BCUT2D eigenvalue weighted by atomic mass is 32.2. The minimum Gasteiger partial charge on any atom is -0.497 e. The number of rotatable bonds is 6. The van der Waals surface area contributed by atoms with Gasteiger partial charge < -0.3 is 4.74 Å². The third-order valence-electron chi connectivity index (χ3n) is 3.47. The van der Waals surface area contributed by atoms with E-state index in [1.807, 2.05) is 31.2 Å². The van der Waals surface area contributed by atoms with E-state index >= 15 is 0 Å². The van der Waals surface area contributed by atoms with Gasteiger partial charge in [0.15, 0.2) is 0 Å². The maximum absolute atomic E-state index is 5.32. The normalized spacial score (nSPS) is 11.1. The van der Waals surface area contributed by atoms with E-state index in [0.29, 0.717) is 0 Å². The van der Waals surface area contributed by atoms with Gasteiger partial charge in [-0.2, -0.15) is 0 Å². The molecule has 0 N–H and O–H groups in total. The molecule has 2 aromatic heterocycles. The van der Waals surface area contributed by atoms with Crippen molar-refractivity contribution < 1.29 is 4.74 Å². The van der Waals surface area contributed by atoms with Crippen LogP contribution in [-0.4, -0.2) is 28.0 Å². The van der Waals surface area contributed by atoms with Gasteiger partial charge in [0, 0.05) is 5.56 Å². The van der Waals surface area contributed by atoms with Crippen LogP contribution < -0.4 is 4.74 Å². The molecule has 0 atom stereocenters. The molecule has 2 heterocycles. The van der Waals surface area contributed by atoms with E-state index in [0.717, 1.165) is 43.0 Å². The van der Waals surface area contributed by atoms with Crippen LogP contribution in [0.5, 0.6) is 5.75 Å². The Labute approximate surface area is 144 Å². The summed E-state index contributed by atoms with van der Waals surface area (Å²) in [5.41, 5.74) is 2.86. The summed E-state index contributed by atoms with van der Waals surface area (Å²) in [4.78, 5) is 4.68. The van der Waals surface area contributed by atoms with E-state index in [4.69, 9.17) is 4.74 Å². The number of nitrogens with zero attached hydrogens (tertiary/aromatic N) is 3. The number of thiazole rings is 1. The van der Waals surface area contributed by atoms with Crippen molar-refractivity contribution in [2.45, 2.75) is 31.7 Å². The number of hydrogen-bond acceptors (Lipinski definition) is 6. The van der Waals surface area contributed by atoms with E-state index in [-0.39, 0.29) is 0 Å². The lowest BCUT2D eigenvalue weighted by Gasteiger charge is -2.06. The number of methoxy groups -OCH3 is 1. The molecule has 4 nitrogen and oxygen atoms in total. The van der Waals surface area contributed by atoms with Gasteiger partial charge in [-0.25, -0.2) is 4.98 Å². The Morgan fingerprint density at radius 1 is 1.26 bits per heavy atom. The van der Waals surface area contributed by atoms with Crippen LogP contribution in [0.15, 0.2) is 29.3 Å². The summed E-state index contributed by atoms with van der Waals surface area (Å²) in [6.45, 7) is 4.22. The molecule has 0 saturated heterocycles. The molecule has 0 spiro atoms. The van der Waals surface area contributed by atoms with Crippen molar-refractivity contribution in [1.82, 2.24) is 15.2 Å². The molecule has 0 aliphatic heterocycles. The molecule has 0 fully saturated rings. The molecule has 1 aromatic carbocycles. The first-order valence-electron chi connectivity index (χ1n) is 7.64. The quantitative estimate of drug-likeness (QED) is 0.467. The number of benzene rings is 1. The number of aromatic nitrogens is 3. The Morgan fingerprint density at radius 2 is 2.13 bits per heavy atom. The first-order valence-corrected chi connectivity index (χ1v) is 9.44. The summed E-state index contributed by atoms with van der Waals surface area (Å²) in [5.74, 6) is 1.87. The van der Waals surface area contributed by atoms with Crippen molar-refractivity contribution in [1.29, 1.82) is 0 Å². The average molecular weight is 345 g/mol. The monoisotopic (exact) mass is 345 g/mol. The Bertz CT molecular complexity index is 817. The summed E-state index contributed by atoms with van der Waals surface area (Å²) in [6, 6.07) is 7.92. The van der Waals surface area contributed by atoms with Gasteiger partial charge in [0.05, 0.1) is 16.8 Å². The zero-order valence-corrected chi connectivity index (χ0v) is 15.1. The molecule has 0 amide bonds. The van der Waals surface area contributed by atoms with Gasteiger partial charge in [-0.15, -0.1) is 33.3 Å². The van der Waals surface area contributed by atoms with Gasteiger partial charge in [-0.05, 0) is 31.2 Å². The molecule has 0 aliphatic rings. The Balaban J connectivity index is 2.06. The Hall–Kier alpha value is -1.66. The summed E-state index contributed by atoms with van der Waals surface area (Å²) in [6.07, 6.45) is 2.36. The number of aryl methyl sites for hydroxylation is 1. The van der Waals surface area contributed by atoms with Crippen molar-refractivity contribution >= 4 is 33.3 Å². The standard InChI is InChI=1S/C17H19N3OS2/c1-4-5-9-22-17-15-16(23-11(2)18-15)14(19-20-17)12-7-6-8-13(10-12)21-3/h6-8,10H,4-5,9H2,1-3H3. The summed E-state index contributed by atoms with van der Waals surface area (Å²) >= 11 is 3.42. The molecule has 0 saturated carbocycles. The summed E-state index contributed by atoms with van der Waals surface area (Å²) < 4.78 is 6.42. The van der Waals surface area contributed by atoms with Gasteiger partial charge in [-0.3, -0.25) is 0 Å². The van der Waals surface area contributed by atoms with Gasteiger partial charge in [0.2, 0.25) is 0 Å². The highest BCUT2D eigenvalue weighted by Gasteiger charge is 2.16. The number of hydrogen-bond donors (Lipinski definition) is 0. The van der Waals surface area contributed by atoms with Crippen LogP contribution in [0.25, 0.3) is 21.5 Å². The number of unbranched alkanes of at least 4 members (excludes halogenated alkanes) is 1. The van der Waals surface area contributed by atoms with Crippen LogP contribution in [0.2, 0.25) is 0 Å². The molecular formula is C17H19N3OS2. The highest BCUT2D eigenvalue weighted by Crippen LogP contribution is 2.36. The van der Waals surface area contributed by atoms with Crippen molar-refractivity contribution in [3.8, 4) is 17.0 Å². The van der Waals surface area contributed by atoms with Gasteiger partial charge in [-0.1, -0.05) is 25.5 Å². The van der Waals surface area contributed by atoms with Gasteiger partial charge in [0.1, 0.15) is 22.0 Å². The Morgan fingerprint density at radius 3 is 2.91 bits per heavy atom. The van der Waals surface area contributed by atoms with Crippen LogP contribution in [0.1, 0.15) is 24.8 Å². The molecule has 120 valence electrons. The third-order valence-corrected chi connectivity index (χ3v) is 5.49. The van der Waals surface area contributed by atoms with E-state index in [1.54, 1.807) is 30.2 Å². The fraction of sp³-hybridized carbons (Fsp3) is 0.353. The van der Waals surface area contributed by atoms with Crippen LogP contribution in [0, 0.1) is 6.92 Å². The second-order valence-electron chi connectivity index (χ2n) is 5.20. The van der Waals surface area contributed by atoms with E-state index in [1.165, 1.54) is 12.8 Å². The Kier molecular flexibility index (Phi) is 5.13. The molecule has 3 rings (SSSR count). The second-order valence-corrected chi connectivity index (χ2v) is 7.49. The molecule has 0 bridgehead atoms. The van der Waals surface area contributed by atoms with Crippen molar-refractivity contribution in [3.05, 3.63) is 29.3 Å². The molecule has 0 radical (unpaired) electrons. The van der Waals surface area contributed by atoms with Crippen LogP contribution >= 0.6 is 23.1 Å². The predicted molar refractivity (Wildman–Crippen MR) is 97.6 cm³/mol. The zero-order valence-electron chi connectivity index (χ0n) is 13.5. The topological polar surface area (TPSA) is 47.9 Å². The van der Waals surface area contributed by atoms with E-state index in [2.05, 4.69) is 22.1 Å². The van der Waals surface area contributed by atoms with Crippen molar-refractivity contribution in [2.24, 2.45) is 0 Å². The van der Waals surface area contributed by atoms with Gasteiger partial charge in [0.25, 0.3) is 0 Å². The molecule has 3 aromatic rings. The summed E-state index contributed by atoms with van der Waals surface area (Å²) in [7, 11) is 1.67. The number of ether oxygens (including phenoxy) is 1. The first-order chi connectivity index (χ1) is 11.2. The fourth-order valence-corrected chi connectivity index (χ4v) is 4.29. The highest BCUT2D eigenvalue weighted by molar-refractivity contribution is 7.99. The number of thioether (sulfide) groups is 1. The predicted octanol–water partition coefficient (Wildman–Crippen LogP) is 4.96. The van der Waals surface area contributed by atoms with Crippen LogP contribution in [0.4, 0.5) is 0 Å². The maximum Gasteiger partial charge on any atom is 0.146 e. The maximum atomic E-state index is 5.32. The smallest absolute Gasteiger partial charge is 0.146 e. The van der Waals surface area contributed by atoms with Crippen LogP contribution in [-0.2, 0) is 0 Å². The van der Waals surface area contributed by atoms with Crippen LogP contribution in [0.3, 0.4) is 0 Å². The number of fused-ring (bicyclic) bond motifs is 1. The lowest BCUT2D eigenvalue weighted by atomic mass is 10.1. The first kappa shape index (κ1) is 16.2. The molecular weight excluding hydrogens is 326 g/mol. The SMILES string of the molecule is CCCCSc1nnc(-c2cccc(OC)c2)c2sc(C)nc12. The minimum absolute atomic E-state index is 0.820. The summed E-state index contributed by atoms with van der Waals surface area (Å²) in [5, 5.41) is 10.9. The minimum atomic E-state index is 0.820. The zero-order chi connectivity index (χ0) is 16.2. The molecule has 6 heteroatoms. The average Bonchev–Trinajstić information content (AvgIpc) is 2.97. The molecule has 0 unspecified atom stereocenters.